The molecule has 0 fully saturated rings. The second-order valence-corrected chi connectivity index (χ2v) is 3.46. The summed E-state index contributed by atoms with van der Waals surface area (Å²) < 4.78 is 0. The van der Waals surface area contributed by atoms with E-state index in [0.29, 0.717) is 0 Å². The zero-order valence-corrected chi connectivity index (χ0v) is 7.14. The van der Waals surface area contributed by atoms with Gasteiger partial charge in [-0.05, 0) is 5.92 Å². The molecule has 0 rings (SSSR count). The van der Waals surface area contributed by atoms with E-state index in [9.17, 15) is 4.79 Å². The van der Waals surface area contributed by atoms with Crippen molar-refractivity contribution in [2.24, 2.45) is 11.3 Å². The van der Waals surface area contributed by atoms with E-state index in [1.54, 1.807) is 0 Å². The molecular formula is C8H16O2. The third kappa shape index (κ3) is 1.81. The quantitative estimate of drug-likeness (QED) is 0.647. The predicted octanol–water partition coefficient (Wildman–Crippen LogP) is 1.23. The van der Waals surface area contributed by atoms with Crippen LogP contribution >= 0.6 is 0 Å². The van der Waals surface area contributed by atoms with Crippen LogP contribution in [0.25, 0.3) is 0 Å². The Morgan fingerprint density at radius 2 is 1.90 bits per heavy atom. The number of aliphatic hydroxyl groups excluding tert-OH is 1. The fraction of sp³-hybridized carbons (Fsp3) is 0.875. The highest BCUT2D eigenvalue weighted by molar-refractivity contribution is 5.85. The van der Waals surface area contributed by atoms with Crippen molar-refractivity contribution in [3.63, 3.8) is 0 Å². The summed E-state index contributed by atoms with van der Waals surface area (Å²) in [6.45, 7) is 7.33. The Hall–Kier alpha value is -0.370. The van der Waals surface area contributed by atoms with Crippen molar-refractivity contribution in [2.45, 2.75) is 27.7 Å². The number of rotatable bonds is 3. The van der Waals surface area contributed by atoms with E-state index in [-0.39, 0.29) is 23.7 Å². The molecule has 10 heavy (non-hydrogen) atoms. The first-order chi connectivity index (χ1) is 4.42. The van der Waals surface area contributed by atoms with Crippen molar-refractivity contribution < 1.29 is 9.90 Å². The van der Waals surface area contributed by atoms with Gasteiger partial charge in [0.1, 0.15) is 6.61 Å². The average Bonchev–Trinajstić information content (AvgIpc) is 1.86. The van der Waals surface area contributed by atoms with Crippen LogP contribution in [-0.4, -0.2) is 17.5 Å². The Morgan fingerprint density at radius 3 is 2.00 bits per heavy atom. The molecule has 0 unspecified atom stereocenters. The van der Waals surface area contributed by atoms with Gasteiger partial charge in [0.25, 0.3) is 0 Å². The highest BCUT2D eigenvalue weighted by Crippen LogP contribution is 2.26. The van der Waals surface area contributed by atoms with Crippen molar-refractivity contribution >= 4 is 5.78 Å². The van der Waals surface area contributed by atoms with E-state index in [1.807, 2.05) is 27.7 Å². The zero-order valence-electron chi connectivity index (χ0n) is 7.14. The maximum absolute atomic E-state index is 11.0. The number of ketones is 1. The summed E-state index contributed by atoms with van der Waals surface area (Å²) in [5.74, 6) is 0.203. The summed E-state index contributed by atoms with van der Waals surface area (Å²) in [4.78, 5) is 11.0. The van der Waals surface area contributed by atoms with E-state index in [4.69, 9.17) is 5.11 Å². The normalized spacial score (nSPS) is 12.2. The number of Topliss-reactive ketones (excluding diaryl/α,β-unsaturated/α-hetero) is 1. The molecule has 0 aromatic carbocycles. The topological polar surface area (TPSA) is 37.3 Å². The van der Waals surface area contributed by atoms with Crippen LogP contribution in [-0.2, 0) is 4.79 Å². The molecule has 0 amide bonds. The second kappa shape index (κ2) is 3.15. The summed E-state index contributed by atoms with van der Waals surface area (Å²) >= 11 is 0. The number of carbonyl (C=O) groups excluding carboxylic acids is 1. The summed E-state index contributed by atoms with van der Waals surface area (Å²) in [6, 6.07) is 0. The van der Waals surface area contributed by atoms with E-state index in [0.717, 1.165) is 0 Å². The number of aliphatic hydroxyl groups is 1. The molecule has 0 bridgehead atoms. The largest absolute Gasteiger partial charge is 0.389 e. The molecule has 0 heterocycles. The van der Waals surface area contributed by atoms with Gasteiger partial charge in [-0.2, -0.15) is 0 Å². The molecule has 0 spiro atoms. The van der Waals surface area contributed by atoms with Crippen LogP contribution in [0.2, 0.25) is 0 Å². The van der Waals surface area contributed by atoms with Crippen molar-refractivity contribution in [1.82, 2.24) is 0 Å². The SMILES string of the molecule is CC(C)C(C)(C)C(=O)CO. The van der Waals surface area contributed by atoms with Crippen LogP contribution in [0.3, 0.4) is 0 Å². The maximum Gasteiger partial charge on any atom is 0.163 e. The van der Waals surface area contributed by atoms with Gasteiger partial charge >= 0.3 is 0 Å². The second-order valence-electron chi connectivity index (χ2n) is 3.46. The molecule has 0 radical (unpaired) electrons. The van der Waals surface area contributed by atoms with E-state index >= 15 is 0 Å². The fourth-order valence-corrected chi connectivity index (χ4v) is 0.526. The summed E-state index contributed by atoms with van der Waals surface area (Å²) in [7, 11) is 0. The molecule has 0 aliphatic heterocycles. The lowest BCUT2D eigenvalue weighted by Crippen LogP contribution is -2.32. The summed E-state index contributed by atoms with van der Waals surface area (Å²) in [5, 5.41) is 8.57. The molecular weight excluding hydrogens is 128 g/mol. The fourth-order valence-electron chi connectivity index (χ4n) is 0.526. The lowest BCUT2D eigenvalue weighted by molar-refractivity contribution is -0.132. The van der Waals surface area contributed by atoms with Gasteiger partial charge in [0.2, 0.25) is 0 Å². The van der Waals surface area contributed by atoms with Crippen LogP contribution in [0, 0.1) is 11.3 Å². The molecule has 60 valence electrons. The van der Waals surface area contributed by atoms with Gasteiger partial charge in [0, 0.05) is 5.41 Å². The molecule has 2 heteroatoms. The van der Waals surface area contributed by atoms with Crippen molar-refractivity contribution in [3.05, 3.63) is 0 Å². The maximum atomic E-state index is 11.0. The van der Waals surface area contributed by atoms with Gasteiger partial charge in [0.05, 0.1) is 0 Å². The Labute approximate surface area is 62.2 Å². The standard InChI is InChI=1S/C8H16O2/c1-6(2)8(3,4)7(10)5-9/h6,9H,5H2,1-4H3. The molecule has 0 aromatic heterocycles. The van der Waals surface area contributed by atoms with Crippen molar-refractivity contribution in [2.75, 3.05) is 6.61 Å². The van der Waals surface area contributed by atoms with Gasteiger partial charge in [-0.1, -0.05) is 27.7 Å². The molecule has 2 nitrogen and oxygen atoms in total. The van der Waals surface area contributed by atoms with Crippen LogP contribution in [0.5, 0.6) is 0 Å². The van der Waals surface area contributed by atoms with E-state index < -0.39 is 0 Å². The minimum absolute atomic E-state index is 0.0810. The van der Waals surface area contributed by atoms with Crippen LogP contribution in [0.1, 0.15) is 27.7 Å². The first-order valence-electron chi connectivity index (χ1n) is 3.57. The first kappa shape index (κ1) is 9.63. The number of hydrogen-bond acceptors (Lipinski definition) is 2. The highest BCUT2D eigenvalue weighted by atomic mass is 16.3. The van der Waals surface area contributed by atoms with Gasteiger partial charge < -0.3 is 5.11 Å². The minimum Gasteiger partial charge on any atom is -0.389 e. The van der Waals surface area contributed by atoms with Gasteiger partial charge in [-0.15, -0.1) is 0 Å². The third-order valence-corrected chi connectivity index (χ3v) is 2.31. The Bertz CT molecular complexity index is 125. The van der Waals surface area contributed by atoms with Crippen molar-refractivity contribution in [1.29, 1.82) is 0 Å². The number of hydrogen-bond donors (Lipinski definition) is 1. The third-order valence-electron chi connectivity index (χ3n) is 2.31. The molecule has 0 aliphatic rings. The molecule has 0 aromatic rings. The van der Waals surface area contributed by atoms with Gasteiger partial charge in [-0.3, -0.25) is 4.79 Å². The Kier molecular flexibility index (Phi) is 3.03. The predicted molar refractivity (Wildman–Crippen MR) is 40.7 cm³/mol. The lowest BCUT2D eigenvalue weighted by Gasteiger charge is -2.26. The van der Waals surface area contributed by atoms with Crippen LogP contribution in [0.15, 0.2) is 0 Å². The monoisotopic (exact) mass is 144 g/mol. The smallest absolute Gasteiger partial charge is 0.163 e. The molecule has 0 atom stereocenters. The van der Waals surface area contributed by atoms with E-state index in [1.165, 1.54) is 0 Å². The molecule has 0 saturated heterocycles. The summed E-state index contributed by atoms with van der Waals surface area (Å²) in [6.07, 6.45) is 0. The highest BCUT2D eigenvalue weighted by Gasteiger charge is 2.29. The zero-order chi connectivity index (χ0) is 8.36. The minimum atomic E-state index is -0.380. The first-order valence-corrected chi connectivity index (χ1v) is 3.57. The number of carbonyl (C=O) groups is 1. The average molecular weight is 144 g/mol. The van der Waals surface area contributed by atoms with Gasteiger partial charge in [-0.25, -0.2) is 0 Å². The summed E-state index contributed by atoms with van der Waals surface area (Å²) in [5.41, 5.74) is -0.380. The van der Waals surface area contributed by atoms with Crippen LogP contribution in [0.4, 0.5) is 0 Å². The molecule has 0 aliphatic carbocycles. The molecule has 1 N–H and O–H groups in total. The van der Waals surface area contributed by atoms with E-state index in [2.05, 4.69) is 0 Å². The Balaban J connectivity index is 4.24. The lowest BCUT2D eigenvalue weighted by atomic mass is 9.78. The van der Waals surface area contributed by atoms with Crippen LogP contribution < -0.4 is 0 Å². The Morgan fingerprint density at radius 1 is 1.50 bits per heavy atom. The van der Waals surface area contributed by atoms with Crippen molar-refractivity contribution in [3.8, 4) is 0 Å². The molecule has 0 saturated carbocycles. The van der Waals surface area contributed by atoms with Gasteiger partial charge in [0.15, 0.2) is 5.78 Å².